The number of ether oxygens (including phenoxy) is 1. The van der Waals surface area contributed by atoms with E-state index in [2.05, 4.69) is 20.0 Å². The lowest BCUT2D eigenvalue weighted by Gasteiger charge is -2.14. The van der Waals surface area contributed by atoms with Crippen molar-refractivity contribution in [3.05, 3.63) is 27.9 Å². The lowest BCUT2D eigenvalue weighted by Crippen LogP contribution is -2.33. The zero-order valence-corrected chi connectivity index (χ0v) is 12.1. The molecule has 0 radical (unpaired) electrons. The molecule has 21 heavy (non-hydrogen) atoms. The minimum Gasteiger partial charge on any atom is -0.453 e. The normalized spacial score (nSPS) is 25.8. The van der Waals surface area contributed by atoms with Crippen LogP contribution in [0.15, 0.2) is 17.1 Å². The van der Waals surface area contributed by atoms with E-state index >= 15 is 0 Å². The number of aromatic nitrogens is 3. The van der Waals surface area contributed by atoms with Gasteiger partial charge in [0.05, 0.1) is 25.7 Å². The van der Waals surface area contributed by atoms with Crippen LogP contribution in [0.4, 0.5) is 4.79 Å². The molecule has 1 fully saturated rings. The van der Waals surface area contributed by atoms with Gasteiger partial charge in [0.15, 0.2) is 0 Å². The number of amides is 1. The molecule has 2 atom stereocenters. The molecule has 1 aliphatic rings. The highest BCUT2D eigenvalue weighted by atomic mass is 35.5. The molecule has 0 saturated heterocycles. The van der Waals surface area contributed by atoms with E-state index in [1.807, 2.05) is 0 Å². The predicted octanol–water partition coefficient (Wildman–Crippen LogP) is 1.83. The molecule has 1 saturated carbocycles. The Kier molecular flexibility index (Phi) is 3.27. The number of imidazole rings is 1. The fourth-order valence-corrected chi connectivity index (χ4v) is 2.87. The topological polar surface area (TPSA) is 89.0 Å². The molecule has 3 rings (SSSR count). The molecule has 1 aliphatic carbocycles. The van der Waals surface area contributed by atoms with Crippen LogP contribution in [0.1, 0.15) is 26.7 Å². The average Bonchev–Trinajstić information content (AvgIpc) is 2.98. The van der Waals surface area contributed by atoms with Gasteiger partial charge in [0.1, 0.15) is 5.15 Å². The maximum Gasteiger partial charge on any atom is 0.407 e. The van der Waals surface area contributed by atoms with Gasteiger partial charge in [0, 0.05) is 18.1 Å². The van der Waals surface area contributed by atoms with Crippen molar-refractivity contribution < 1.29 is 10.9 Å². The molecule has 0 unspecified atom stereocenters. The number of nitrogens with zero attached hydrogens (tertiary/aromatic N) is 2. The third-order valence-corrected chi connectivity index (χ3v) is 3.87. The number of methoxy groups -OCH3 is 1. The number of alkyl carbamates (subject to hydrolysis) is 1. The Labute approximate surface area is 126 Å². The first-order chi connectivity index (χ1) is 10.4. The Morgan fingerprint density at radius 2 is 2.48 bits per heavy atom. The van der Waals surface area contributed by atoms with E-state index in [-0.39, 0.29) is 11.7 Å². The first-order valence-electron chi connectivity index (χ1n) is 7.04. The summed E-state index contributed by atoms with van der Waals surface area (Å²) in [6, 6.07) is 0.277. The van der Waals surface area contributed by atoms with Gasteiger partial charge in [-0.3, -0.25) is 4.57 Å². The second kappa shape index (κ2) is 5.40. The second-order valence-corrected chi connectivity index (χ2v) is 5.33. The first-order valence-corrected chi connectivity index (χ1v) is 6.91. The van der Waals surface area contributed by atoms with E-state index in [1.165, 1.54) is 13.3 Å². The van der Waals surface area contributed by atoms with Crippen molar-refractivity contribution in [2.75, 3.05) is 7.11 Å². The first kappa shape index (κ1) is 12.7. The summed E-state index contributed by atoms with van der Waals surface area (Å²) in [5.74, 6) is 0. The summed E-state index contributed by atoms with van der Waals surface area (Å²) < 4.78 is 14.4. The molecule has 2 aromatic rings. The maximum absolute atomic E-state index is 12.2. The summed E-state index contributed by atoms with van der Waals surface area (Å²) in [4.78, 5) is 30.2. The largest absolute Gasteiger partial charge is 0.453 e. The van der Waals surface area contributed by atoms with Gasteiger partial charge in [-0.2, -0.15) is 0 Å². The molecule has 8 heteroatoms. The Morgan fingerprint density at radius 3 is 3.24 bits per heavy atom. The van der Waals surface area contributed by atoms with E-state index in [9.17, 15) is 9.59 Å². The molecule has 2 heterocycles. The molecule has 112 valence electrons. The van der Waals surface area contributed by atoms with E-state index in [1.54, 1.807) is 10.6 Å². The van der Waals surface area contributed by atoms with E-state index < -0.39 is 12.1 Å². The number of hydrogen-bond acceptors (Lipinski definition) is 4. The van der Waals surface area contributed by atoms with Crippen molar-refractivity contribution >= 4 is 28.7 Å². The van der Waals surface area contributed by atoms with Crippen LogP contribution in [-0.4, -0.2) is 33.8 Å². The Hall–Kier alpha value is -2.02. The molecule has 2 aromatic heterocycles. The minimum atomic E-state index is -1.14. The molecule has 0 aliphatic heterocycles. The van der Waals surface area contributed by atoms with Gasteiger partial charge < -0.3 is 15.0 Å². The van der Waals surface area contributed by atoms with Gasteiger partial charge in [-0.15, -0.1) is 0 Å². The monoisotopic (exact) mass is 311 g/mol. The zero-order valence-electron chi connectivity index (χ0n) is 12.4. The number of halogens is 1. The van der Waals surface area contributed by atoms with Crippen LogP contribution >= 0.6 is 11.6 Å². The fraction of sp³-hybridized carbons (Fsp3) is 0.462. The number of H-pyrrole nitrogens is 1. The summed E-state index contributed by atoms with van der Waals surface area (Å²) in [6.45, 7) is 0. The lowest BCUT2D eigenvalue weighted by atomic mass is 10.2. The van der Waals surface area contributed by atoms with Crippen LogP contribution in [0.5, 0.6) is 0 Å². The van der Waals surface area contributed by atoms with Crippen molar-refractivity contribution in [3.63, 3.8) is 0 Å². The third kappa shape index (κ3) is 2.61. The van der Waals surface area contributed by atoms with Crippen LogP contribution in [0.3, 0.4) is 0 Å². The summed E-state index contributed by atoms with van der Waals surface area (Å²) in [7, 11) is 1.25. The number of carbonyl (C=O) groups excluding carboxylic acids is 1. The van der Waals surface area contributed by atoms with Gasteiger partial charge >= 0.3 is 11.8 Å². The maximum atomic E-state index is 12.2. The number of pyridine rings is 1. The smallest absolute Gasteiger partial charge is 0.407 e. The summed E-state index contributed by atoms with van der Waals surface area (Å²) in [5.41, 5.74) is 0.974. The number of hydrogen-bond donors (Lipinski definition) is 2. The van der Waals surface area contributed by atoms with Crippen LogP contribution < -0.4 is 11.0 Å². The van der Waals surface area contributed by atoms with Gasteiger partial charge in [0.25, 0.3) is 0 Å². The van der Waals surface area contributed by atoms with Crippen molar-refractivity contribution in [2.24, 2.45) is 0 Å². The van der Waals surface area contributed by atoms with Crippen molar-refractivity contribution in [2.45, 2.75) is 31.3 Å². The highest BCUT2D eigenvalue weighted by Crippen LogP contribution is 2.31. The summed E-state index contributed by atoms with van der Waals surface area (Å²) in [5, 5.41) is 2.81. The number of fused-ring (bicyclic) bond motifs is 1. The Morgan fingerprint density at radius 1 is 1.67 bits per heavy atom. The Bertz CT molecular complexity index is 789. The Balaban J connectivity index is 1.93. The highest BCUT2D eigenvalue weighted by molar-refractivity contribution is 6.29. The van der Waals surface area contributed by atoms with E-state index in [0.29, 0.717) is 35.4 Å². The molecule has 0 bridgehead atoms. The summed E-state index contributed by atoms with van der Waals surface area (Å²) in [6.07, 6.45) is 2.21. The SMILES string of the molecule is [2H][C@@]1(NC(=O)OC)CC[C@@H](n2c(=O)[nH]c3cnc(Cl)cc32)C1. The fourth-order valence-electron chi connectivity index (χ4n) is 2.72. The quantitative estimate of drug-likeness (QED) is 0.828. The third-order valence-electron chi connectivity index (χ3n) is 3.66. The highest BCUT2D eigenvalue weighted by Gasteiger charge is 2.29. The molecule has 1 amide bonds. The number of nitrogens with one attached hydrogen (secondary N) is 2. The second-order valence-electron chi connectivity index (χ2n) is 4.94. The van der Waals surface area contributed by atoms with Crippen molar-refractivity contribution in [3.8, 4) is 0 Å². The van der Waals surface area contributed by atoms with Gasteiger partial charge in [-0.05, 0) is 19.3 Å². The molecular weight excluding hydrogens is 296 g/mol. The van der Waals surface area contributed by atoms with Crippen LogP contribution in [0.25, 0.3) is 11.0 Å². The standard InChI is InChI=1S/C13H15ClN4O3/c1-21-13(20)16-7-2-3-8(4-7)18-10-5-11(14)15-6-9(10)17-12(18)19/h5-8H,2-4H2,1H3,(H,16,20)(H,17,19)/t7-,8-/m1/s1/i7D. The number of carbonyl (C=O) groups is 1. The van der Waals surface area contributed by atoms with Crippen molar-refractivity contribution in [1.82, 2.24) is 19.9 Å². The number of aromatic amines is 1. The van der Waals surface area contributed by atoms with Crippen LogP contribution in [0.2, 0.25) is 5.15 Å². The number of rotatable bonds is 2. The van der Waals surface area contributed by atoms with Crippen molar-refractivity contribution in [1.29, 1.82) is 0 Å². The van der Waals surface area contributed by atoms with E-state index in [4.69, 9.17) is 13.0 Å². The molecular formula is C13H15ClN4O3. The molecule has 2 N–H and O–H groups in total. The zero-order chi connectivity index (χ0) is 15.9. The molecule has 0 aromatic carbocycles. The van der Waals surface area contributed by atoms with Gasteiger partial charge in [-0.25, -0.2) is 14.6 Å². The molecule has 7 nitrogen and oxygen atoms in total. The predicted molar refractivity (Wildman–Crippen MR) is 77.6 cm³/mol. The average molecular weight is 312 g/mol. The minimum absolute atomic E-state index is 0.200. The lowest BCUT2D eigenvalue weighted by molar-refractivity contribution is 0.166. The summed E-state index contributed by atoms with van der Waals surface area (Å²) >= 11 is 5.90. The van der Waals surface area contributed by atoms with Crippen LogP contribution in [0, 0.1) is 0 Å². The van der Waals surface area contributed by atoms with Gasteiger partial charge in [-0.1, -0.05) is 11.6 Å². The van der Waals surface area contributed by atoms with Gasteiger partial charge in [0.2, 0.25) is 0 Å². The van der Waals surface area contributed by atoms with Crippen LogP contribution in [-0.2, 0) is 4.74 Å². The van der Waals surface area contributed by atoms with E-state index in [0.717, 1.165) is 0 Å². The molecule has 0 spiro atoms.